The minimum atomic E-state index is -4.25. The molecule has 1 atom stereocenters. The smallest absolute Gasteiger partial charge is 0.370 e. The van der Waals surface area contributed by atoms with E-state index >= 15 is 0 Å². The molecule has 0 aliphatic carbocycles. The average molecular weight is 278 g/mol. The van der Waals surface area contributed by atoms with Crippen molar-refractivity contribution in [3.8, 4) is 0 Å². The predicted octanol–water partition coefficient (Wildman–Crippen LogP) is 3.13. The van der Waals surface area contributed by atoms with E-state index in [0.29, 0.717) is 6.54 Å². The second-order valence-corrected chi connectivity index (χ2v) is 4.53. The van der Waals surface area contributed by atoms with Crippen LogP contribution < -0.4 is 5.32 Å². The second kappa shape index (κ2) is 7.55. The molecule has 6 heteroatoms. The monoisotopic (exact) mass is 278 g/mol. The third kappa shape index (κ3) is 6.63. The zero-order valence-corrected chi connectivity index (χ0v) is 11.3. The molecule has 0 bridgehead atoms. The fraction of sp³-hybridized carbons (Fsp3) is 0.692. The highest BCUT2D eigenvalue weighted by Gasteiger charge is 2.27. The molecule has 0 fully saturated rings. The van der Waals surface area contributed by atoms with E-state index in [-0.39, 0.29) is 12.6 Å². The molecule has 1 heterocycles. The van der Waals surface area contributed by atoms with Gasteiger partial charge in [0, 0.05) is 25.0 Å². The molecule has 19 heavy (non-hydrogen) atoms. The van der Waals surface area contributed by atoms with E-state index in [1.807, 2.05) is 23.0 Å². The van der Waals surface area contributed by atoms with Gasteiger partial charge in [-0.2, -0.15) is 13.2 Å². The lowest BCUT2D eigenvalue weighted by molar-refractivity contribution is -0.174. The summed E-state index contributed by atoms with van der Waals surface area (Å²) in [5, 5.41) is 3.36. The molecule has 1 rings (SSSR count). The Bertz CT molecular complexity index is 363. The minimum Gasteiger partial charge on any atom is -0.370 e. The van der Waals surface area contributed by atoms with E-state index in [1.54, 1.807) is 0 Å². The van der Waals surface area contributed by atoms with Crippen LogP contribution in [0.2, 0.25) is 0 Å². The lowest BCUT2D eigenvalue weighted by Crippen LogP contribution is -2.19. The second-order valence-electron chi connectivity index (χ2n) is 4.53. The highest BCUT2D eigenvalue weighted by Crippen LogP contribution is 2.15. The van der Waals surface area contributed by atoms with Crippen molar-refractivity contribution in [3.63, 3.8) is 0 Å². The Morgan fingerprint density at radius 3 is 2.79 bits per heavy atom. The topological polar surface area (TPSA) is 26.2 Å². The predicted molar refractivity (Wildman–Crippen MR) is 68.0 cm³/mol. The maximum Gasteiger partial charge on any atom is 0.411 e. The van der Waals surface area contributed by atoms with Crippen LogP contribution in [0.3, 0.4) is 0 Å². The van der Waals surface area contributed by atoms with Gasteiger partial charge >= 0.3 is 6.18 Å². The van der Waals surface area contributed by atoms with Crippen LogP contribution in [-0.4, -0.2) is 30.5 Å². The third-order valence-corrected chi connectivity index (χ3v) is 2.73. The lowest BCUT2D eigenvalue weighted by Gasteiger charge is -2.11. The number of nitrogens with one attached hydrogen (secondary N) is 1. The van der Waals surface area contributed by atoms with Crippen LogP contribution in [0.1, 0.15) is 31.9 Å². The standard InChI is InChI=1S/C13H21F3N2O/c1-3-5-17-11(2)12-4-6-18(9-12)7-8-19-10-13(14,15)16/h4,6,9,11,17H,3,5,7-8,10H2,1-2H3. The van der Waals surface area contributed by atoms with Crippen molar-refractivity contribution in [2.75, 3.05) is 19.8 Å². The summed E-state index contributed by atoms with van der Waals surface area (Å²) in [5.41, 5.74) is 1.13. The van der Waals surface area contributed by atoms with Gasteiger partial charge in [0.25, 0.3) is 0 Å². The summed E-state index contributed by atoms with van der Waals surface area (Å²) in [5.74, 6) is 0. The zero-order valence-electron chi connectivity index (χ0n) is 11.3. The minimum absolute atomic E-state index is 0.0599. The van der Waals surface area contributed by atoms with Gasteiger partial charge in [-0.15, -0.1) is 0 Å². The van der Waals surface area contributed by atoms with E-state index in [1.165, 1.54) is 0 Å². The normalized spacial score (nSPS) is 13.7. The van der Waals surface area contributed by atoms with Gasteiger partial charge in [-0.3, -0.25) is 0 Å². The van der Waals surface area contributed by atoms with Crippen molar-refractivity contribution < 1.29 is 17.9 Å². The number of aromatic nitrogens is 1. The van der Waals surface area contributed by atoms with Gasteiger partial charge in [-0.05, 0) is 31.5 Å². The SMILES string of the molecule is CCCNC(C)c1ccn(CCOCC(F)(F)F)c1. The maximum atomic E-state index is 11.9. The highest BCUT2D eigenvalue weighted by atomic mass is 19.4. The lowest BCUT2D eigenvalue weighted by atomic mass is 10.2. The van der Waals surface area contributed by atoms with Gasteiger partial charge in [0.15, 0.2) is 0 Å². The van der Waals surface area contributed by atoms with Crippen LogP contribution in [0.15, 0.2) is 18.5 Å². The Hall–Kier alpha value is -1.01. The first-order valence-electron chi connectivity index (χ1n) is 6.46. The van der Waals surface area contributed by atoms with E-state index < -0.39 is 12.8 Å². The molecule has 0 amide bonds. The first kappa shape index (κ1) is 16.0. The Balaban J connectivity index is 2.30. The first-order chi connectivity index (χ1) is 8.92. The number of ether oxygens (including phenoxy) is 1. The van der Waals surface area contributed by atoms with Crippen molar-refractivity contribution >= 4 is 0 Å². The number of halogens is 3. The molecule has 0 saturated carbocycles. The van der Waals surface area contributed by atoms with Crippen molar-refractivity contribution in [1.29, 1.82) is 0 Å². The quantitative estimate of drug-likeness (QED) is 0.739. The van der Waals surface area contributed by atoms with E-state index in [9.17, 15) is 13.2 Å². The van der Waals surface area contributed by atoms with E-state index in [4.69, 9.17) is 0 Å². The number of hydrogen-bond acceptors (Lipinski definition) is 2. The summed E-state index contributed by atoms with van der Waals surface area (Å²) >= 11 is 0. The van der Waals surface area contributed by atoms with Gasteiger partial charge in [0.1, 0.15) is 6.61 Å². The molecule has 0 radical (unpaired) electrons. The molecule has 0 spiro atoms. The van der Waals surface area contributed by atoms with Crippen molar-refractivity contribution in [1.82, 2.24) is 9.88 Å². The summed E-state index contributed by atoms with van der Waals surface area (Å²) in [7, 11) is 0. The van der Waals surface area contributed by atoms with Gasteiger partial charge in [0.2, 0.25) is 0 Å². The molecule has 1 aromatic rings. The molecule has 0 saturated heterocycles. The van der Waals surface area contributed by atoms with Crippen LogP contribution in [0.5, 0.6) is 0 Å². The molecular formula is C13H21F3N2O. The van der Waals surface area contributed by atoms with Gasteiger partial charge in [0.05, 0.1) is 6.61 Å². The summed E-state index contributed by atoms with van der Waals surface area (Å²) in [6.45, 7) is 4.41. The Morgan fingerprint density at radius 2 is 2.16 bits per heavy atom. The molecule has 1 aromatic heterocycles. The average Bonchev–Trinajstić information content (AvgIpc) is 2.79. The Morgan fingerprint density at radius 1 is 1.42 bits per heavy atom. The molecular weight excluding hydrogens is 257 g/mol. The zero-order chi connectivity index (χ0) is 14.3. The molecule has 0 aliphatic rings. The van der Waals surface area contributed by atoms with E-state index in [2.05, 4.69) is 23.9 Å². The Kier molecular flexibility index (Phi) is 6.37. The summed E-state index contributed by atoms with van der Waals surface area (Å²) in [4.78, 5) is 0. The largest absolute Gasteiger partial charge is 0.411 e. The Labute approximate surface area is 111 Å². The number of nitrogens with zero attached hydrogens (tertiary/aromatic N) is 1. The summed E-state index contributed by atoms with van der Waals surface area (Å²) in [6, 6.07) is 2.22. The van der Waals surface area contributed by atoms with Gasteiger partial charge in [-0.25, -0.2) is 0 Å². The fourth-order valence-corrected chi connectivity index (χ4v) is 1.69. The van der Waals surface area contributed by atoms with Crippen LogP contribution >= 0.6 is 0 Å². The molecule has 110 valence electrons. The highest BCUT2D eigenvalue weighted by molar-refractivity contribution is 5.14. The molecule has 1 N–H and O–H groups in total. The summed E-state index contributed by atoms with van der Waals surface area (Å²) < 4.78 is 42.0. The van der Waals surface area contributed by atoms with Gasteiger partial charge in [-0.1, -0.05) is 6.92 Å². The van der Waals surface area contributed by atoms with Crippen molar-refractivity contribution in [3.05, 3.63) is 24.0 Å². The van der Waals surface area contributed by atoms with Crippen LogP contribution in [-0.2, 0) is 11.3 Å². The first-order valence-corrected chi connectivity index (χ1v) is 6.46. The number of rotatable bonds is 8. The van der Waals surface area contributed by atoms with Gasteiger partial charge < -0.3 is 14.6 Å². The van der Waals surface area contributed by atoms with Crippen LogP contribution in [0.25, 0.3) is 0 Å². The number of hydrogen-bond donors (Lipinski definition) is 1. The maximum absolute atomic E-state index is 11.9. The van der Waals surface area contributed by atoms with Crippen LogP contribution in [0.4, 0.5) is 13.2 Å². The van der Waals surface area contributed by atoms with Crippen molar-refractivity contribution in [2.24, 2.45) is 0 Å². The molecule has 3 nitrogen and oxygen atoms in total. The fourth-order valence-electron chi connectivity index (χ4n) is 1.69. The molecule has 1 unspecified atom stereocenters. The third-order valence-electron chi connectivity index (χ3n) is 2.73. The summed E-state index contributed by atoms with van der Waals surface area (Å²) in [6.07, 6.45) is 0.609. The molecule has 0 aromatic carbocycles. The molecule has 0 aliphatic heterocycles. The van der Waals surface area contributed by atoms with E-state index in [0.717, 1.165) is 18.5 Å². The number of alkyl halides is 3. The van der Waals surface area contributed by atoms with Crippen LogP contribution in [0, 0.1) is 0 Å². The van der Waals surface area contributed by atoms with Crippen molar-refractivity contribution in [2.45, 2.75) is 39.0 Å².